The van der Waals surface area contributed by atoms with E-state index in [4.69, 9.17) is 5.11 Å². The number of hydrogen-bond donors (Lipinski definition) is 1. The quantitative estimate of drug-likeness (QED) is 0.862. The highest BCUT2D eigenvalue weighted by Crippen LogP contribution is 2.38. The Morgan fingerprint density at radius 3 is 2.37 bits per heavy atom. The number of pyridine rings is 1. The second-order valence-corrected chi connectivity index (χ2v) is 3.07. The fourth-order valence-corrected chi connectivity index (χ4v) is 1.23. The van der Waals surface area contributed by atoms with Gasteiger partial charge in [0.15, 0.2) is 11.5 Å². The number of hydrogen-bond acceptors (Lipinski definition) is 4. The Kier molecular flexibility index (Phi) is 4.12. The van der Waals surface area contributed by atoms with Gasteiger partial charge in [-0.1, -0.05) is 0 Å². The van der Waals surface area contributed by atoms with E-state index in [1.807, 2.05) is 0 Å². The first-order valence-corrected chi connectivity index (χ1v) is 4.51. The highest BCUT2D eigenvalue weighted by molar-refractivity contribution is 5.93. The number of alkyl halides is 5. The molecule has 0 aliphatic rings. The molecule has 0 spiro atoms. The van der Waals surface area contributed by atoms with Gasteiger partial charge < -0.3 is 14.6 Å². The van der Waals surface area contributed by atoms with Crippen molar-refractivity contribution in [3.63, 3.8) is 0 Å². The summed E-state index contributed by atoms with van der Waals surface area (Å²) in [7, 11) is 0.911. The van der Waals surface area contributed by atoms with Crippen LogP contribution in [0.1, 0.15) is 22.5 Å². The minimum Gasteiger partial charge on any atom is -0.491 e. The van der Waals surface area contributed by atoms with Crippen LogP contribution in [-0.2, 0) is 0 Å². The molecular formula is C9H6F5NO4. The minimum absolute atomic E-state index is 0.523. The number of carbonyl (C=O) groups is 1. The van der Waals surface area contributed by atoms with E-state index >= 15 is 0 Å². The van der Waals surface area contributed by atoms with E-state index in [1.54, 1.807) is 0 Å². The summed E-state index contributed by atoms with van der Waals surface area (Å²) < 4.78 is 69.4. The molecule has 0 atom stereocenters. The van der Waals surface area contributed by atoms with Gasteiger partial charge in [0.25, 0.3) is 6.43 Å². The average Bonchev–Trinajstić information content (AvgIpc) is 2.25. The molecule has 1 N–H and O–H groups in total. The molecule has 1 aromatic heterocycles. The summed E-state index contributed by atoms with van der Waals surface area (Å²) in [4.78, 5) is 13.9. The van der Waals surface area contributed by atoms with E-state index in [1.165, 1.54) is 0 Å². The third kappa shape index (κ3) is 3.42. The van der Waals surface area contributed by atoms with Gasteiger partial charge in [0, 0.05) is 0 Å². The Labute approximate surface area is 102 Å². The van der Waals surface area contributed by atoms with Crippen molar-refractivity contribution in [2.24, 2.45) is 0 Å². The van der Waals surface area contributed by atoms with Gasteiger partial charge in [0.2, 0.25) is 0 Å². The first-order valence-electron chi connectivity index (χ1n) is 4.51. The lowest BCUT2D eigenvalue weighted by Crippen LogP contribution is -2.21. The molecule has 0 saturated heterocycles. The zero-order valence-electron chi connectivity index (χ0n) is 9.16. The lowest BCUT2D eigenvalue weighted by atomic mass is 10.1. The zero-order valence-corrected chi connectivity index (χ0v) is 9.16. The SMILES string of the molecule is COc1cnc(C(F)F)c(C(=O)O)c1OC(F)(F)F. The summed E-state index contributed by atoms with van der Waals surface area (Å²) >= 11 is 0. The third-order valence-corrected chi connectivity index (χ3v) is 1.89. The van der Waals surface area contributed by atoms with Crippen molar-refractivity contribution in [1.82, 2.24) is 4.98 Å². The Balaban J connectivity index is 3.53. The van der Waals surface area contributed by atoms with Crippen LogP contribution in [0, 0.1) is 0 Å². The molecule has 0 amide bonds. The highest BCUT2D eigenvalue weighted by Gasteiger charge is 2.37. The average molecular weight is 287 g/mol. The molecule has 0 unspecified atom stereocenters. The second kappa shape index (κ2) is 5.24. The smallest absolute Gasteiger partial charge is 0.491 e. The Morgan fingerprint density at radius 2 is 2.00 bits per heavy atom. The standard InChI is InChI=1S/C9H6F5NO4/c1-18-3-2-15-5(7(10)11)4(8(16)17)6(3)19-9(12,13)14/h2,7H,1H3,(H,16,17). The monoisotopic (exact) mass is 287 g/mol. The van der Waals surface area contributed by atoms with Crippen molar-refractivity contribution in [2.75, 3.05) is 7.11 Å². The van der Waals surface area contributed by atoms with Crippen LogP contribution in [0.2, 0.25) is 0 Å². The zero-order chi connectivity index (χ0) is 14.8. The van der Waals surface area contributed by atoms with Crippen molar-refractivity contribution < 1.29 is 41.3 Å². The fourth-order valence-electron chi connectivity index (χ4n) is 1.23. The summed E-state index contributed by atoms with van der Waals surface area (Å²) in [5.74, 6) is -4.13. The largest absolute Gasteiger partial charge is 0.573 e. The molecule has 1 aromatic rings. The molecule has 0 fully saturated rings. The van der Waals surface area contributed by atoms with Crippen LogP contribution in [0.5, 0.6) is 11.5 Å². The maximum atomic E-state index is 12.5. The molecule has 0 bridgehead atoms. The van der Waals surface area contributed by atoms with Gasteiger partial charge in [0.1, 0.15) is 11.3 Å². The number of ether oxygens (including phenoxy) is 2. The molecule has 1 rings (SSSR count). The van der Waals surface area contributed by atoms with Gasteiger partial charge in [-0.25, -0.2) is 13.6 Å². The van der Waals surface area contributed by atoms with Gasteiger partial charge in [-0.15, -0.1) is 13.2 Å². The van der Waals surface area contributed by atoms with E-state index < -0.39 is 41.5 Å². The molecule has 0 aromatic carbocycles. The molecule has 10 heteroatoms. The van der Waals surface area contributed by atoms with Crippen LogP contribution in [0.4, 0.5) is 22.0 Å². The number of aromatic nitrogens is 1. The lowest BCUT2D eigenvalue weighted by Gasteiger charge is -2.16. The number of carboxylic acid groups (broad SMARTS) is 1. The van der Waals surface area contributed by atoms with Crippen molar-refractivity contribution in [3.05, 3.63) is 17.5 Å². The predicted octanol–water partition coefficient (Wildman–Crippen LogP) is 2.62. The van der Waals surface area contributed by atoms with Crippen molar-refractivity contribution in [1.29, 1.82) is 0 Å². The number of carboxylic acids is 1. The van der Waals surface area contributed by atoms with Gasteiger partial charge in [-0.2, -0.15) is 0 Å². The summed E-state index contributed by atoms with van der Waals surface area (Å²) in [5.41, 5.74) is -2.74. The van der Waals surface area contributed by atoms with E-state index in [2.05, 4.69) is 14.5 Å². The molecule has 106 valence electrons. The summed E-state index contributed by atoms with van der Waals surface area (Å²) in [6, 6.07) is 0. The van der Waals surface area contributed by atoms with Crippen LogP contribution in [0.3, 0.4) is 0 Å². The number of rotatable bonds is 4. The van der Waals surface area contributed by atoms with Crippen LogP contribution in [0.15, 0.2) is 6.20 Å². The molecule has 19 heavy (non-hydrogen) atoms. The summed E-state index contributed by atoms with van der Waals surface area (Å²) in [6.07, 6.45) is -8.12. The maximum absolute atomic E-state index is 12.5. The third-order valence-electron chi connectivity index (χ3n) is 1.89. The van der Waals surface area contributed by atoms with Crippen molar-refractivity contribution >= 4 is 5.97 Å². The van der Waals surface area contributed by atoms with E-state index in [0.29, 0.717) is 6.20 Å². The van der Waals surface area contributed by atoms with Crippen molar-refractivity contribution in [2.45, 2.75) is 12.8 Å². The van der Waals surface area contributed by atoms with Crippen LogP contribution in [0.25, 0.3) is 0 Å². The number of methoxy groups -OCH3 is 1. The van der Waals surface area contributed by atoms with Gasteiger partial charge in [-0.05, 0) is 0 Å². The van der Waals surface area contributed by atoms with Gasteiger partial charge in [-0.3, -0.25) is 4.98 Å². The molecule has 0 saturated carbocycles. The van der Waals surface area contributed by atoms with Crippen LogP contribution in [-0.4, -0.2) is 29.5 Å². The molecule has 0 radical (unpaired) electrons. The van der Waals surface area contributed by atoms with E-state index in [0.717, 1.165) is 7.11 Å². The summed E-state index contributed by atoms with van der Waals surface area (Å²) in [6.45, 7) is 0. The fraction of sp³-hybridized carbons (Fsp3) is 0.333. The maximum Gasteiger partial charge on any atom is 0.573 e. The number of nitrogens with zero attached hydrogens (tertiary/aromatic N) is 1. The van der Waals surface area contributed by atoms with E-state index in [-0.39, 0.29) is 0 Å². The van der Waals surface area contributed by atoms with Crippen LogP contribution >= 0.6 is 0 Å². The number of halogens is 5. The van der Waals surface area contributed by atoms with Gasteiger partial charge in [0.05, 0.1) is 13.3 Å². The Morgan fingerprint density at radius 1 is 1.42 bits per heavy atom. The van der Waals surface area contributed by atoms with E-state index in [9.17, 15) is 26.7 Å². The minimum atomic E-state index is -5.27. The topological polar surface area (TPSA) is 68.7 Å². The predicted molar refractivity (Wildman–Crippen MR) is 49.4 cm³/mol. The molecule has 5 nitrogen and oxygen atoms in total. The van der Waals surface area contributed by atoms with Crippen molar-refractivity contribution in [3.8, 4) is 11.5 Å². The normalized spacial score (nSPS) is 11.5. The Hall–Kier alpha value is -2.13. The Bertz CT molecular complexity index is 488. The number of aromatic carboxylic acids is 1. The molecule has 1 heterocycles. The second-order valence-electron chi connectivity index (χ2n) is 3.07. The first-order chi connectivity index (χ1) is 8.67. The molecule has 0 aliphatic carbocycles. The molecule has 0 aliphatic heterocycles. The summed E-state index contributed by atoms with van der Waals surface area (Å²) in [5, 5.41) is 8.74. The molecular weight excluding hydrogens is 281 g/mol. The van der Waals surface area contributed by atoms with Crippen LogP contribution < -0.4 is 9.47 Å². The lowest BCUT2D eigenvalue weighted by molar-refractivity contribution is -0.275. The first kappa shape index (κ1) is 14.9. The highest BCUT2D eigenvalue weighted by atomic mass is 19.4. The van der Waals surface area contributed by atoms with Gasteiger partial charge >= 0.3 is 12.3 Å².